The first-order valence-electron chi connectivity index (χ1n) is 10.5. The molecular formula is C24H23FN2O3. The van der Waals surface area contributed by atoms with E-state index >= 15 is 0 Å². The minimum atomic E-state index is -0.928. The van der Waals surface area contributed by atoms with Crippen LogP contribution in [0, 0.1) is 29.5 Å². The molecule has 3 aliphatic rings. The highest BCUT2D eigenvalue weighted by atomic mass is 19.1. The fourth-order valence-electron chi connectivity index (χ4n) is 5.64. The molecule has 3 fully saturated rings. The van der Waals surface area contributed by atoms with Gasteiger partial charge in [-0.25, -0.2) is 4.39 Å². The standard InChI is InChI=1S/C24H23FN2O3/c25-17-8-10-18(11-9-17)26-22(28)19(12-14-4-2-1-3-5-14)27-23(29)20-15-6-7-16(13-15)21(20)24(27)30/h1-5,8-11,15-16,19-21H,6-7,12-13H2,(H,26,28). The minimum Gasteiger partial charge on any atom is -0.324 e. The molecule has 1 N–H and O–H groups in total. The molecular weight excluding hydrogens is 383 g/mol. The lowest BCUT2D eigenvalue weighted by atomic mass is 9.81. The van der Waals surface area contributed by atoms with Crippen molar-refractivity contribution in [3.05, 3.63) is 66.0 Å². The van der Waals surface area contributed by atoms with Gasteiger partial charge in [0.15, 0.2) is 0 Å². The van der Waals surface area contributed by atoms with Gasteiger partial charge in [-0.15, -0.1) is 0 Å². The van der Waals surface area contributed by atoms with E-state index in [9.17, 15) is 18.8 Å². The van der Waals surface area contributed by atoms with Crippen molar-refractivity contribution in [1.29, 1.82) is 0 Å². The third-order valence-electron chi connectivity index (χ3n) is 6.96. The largest absolute Gasteiger partial charge is 0.324 e. The number of imide groups is 1. The minimum absolute atomic E-state index is 0.201. The van der Waals surface area contributed by atoms with Crippen molar-refractivity contribution in [2.75, 3.05) is 5.32 Å². The molecule has 2 aromatic carbocycles. The maximum Gasteiger partial charge on any atom is 0.248 e. The Morgan fingerprint density at radius 3 is 2.17 bits per heavy atom. The van der Waals surface area contributed by atoms with E-state index in [1.54, 1.807) is 0 Å². The summed E-state index contributed by atoms with van der Waals surface area (Å²) in [7, 11) is 0. The van der Waals surface area contributed by atoms with Gasteiger partial charge in [0, 0.05) is 12.1 Å². The Labute approximate surface area is 174 Å². The Morgan fingerprint density at radius 2 is 1.57 bits per heavy atom. The number of hydrogen-bond acceptors (Lipinski definition) is 3. The van der Waals surface area contributed by atoms with Crippen LogP contribution >= 0.6 is 0 Å². The maximum atomic E-state index is 13.3. The van der Waals surface area contributed by atoms with Crippen molar-refractivity contribution in [2.24, 2.45) is 23.7 Å². The van der Waals surface area contributed by atoms with Gasteiger partial charge in [0.05, 0.1) is 11.8 Å². The first kappa shape index (κ1) is 19.0. The molecule has 2 aromatic rings. The predicted octanol–water partition coefficient (Wildman–Crippen LogP) is 3.41. The Hall–Kier alpha value is -3.02. The Kier molecular flexibility index (Phi) is 4.65. The van der Waals surface area contributed by atoms with Crippen LogP contribution in [0.15, 0.2) is 54.6 Å². The van der Waals surface area contributed by atoms with Crippen LogP contribution in [0.25, 0.3) is 0 Å². The number of fused-ring (bicyclic) bond motifs is 5. The molecule has 5 nitrogen and oxygen atoms in total. The lowest BCUT2D eigenvalue weighted by Gasteiger charge is -2.27. The molecule has 2 aliphatic carbocycles. The summed E-state index contributed by atoms with van der Waals surface area (Å²) >= 11 is 0. The van der Waals surface area contributed by atoms with Gasteiger partial charge in [0.25, 0.3) is 0 Å². The number of carbonyl (C=O) groups excluding carboxylic acids is 3. The summed E-state index contributed by atoms with van der Waals surface area (Å²) in [6, 6.07) is 13.9. The second-order valence-electron chi connectivity index (χ2n) is 8.63. The average Bonchev–Trinajstić information content (AvgIpc) is 3.43. The third kappa shape index (κ3) is 3.11. The van der Waals surface area contributed by atoms with E-state index < -0.39 is 17.8 Å². The lowest BCUT2D eigenvalue weighted by molar-refractivity contribution is -0.147. The number of amides is 3. The van der Waals surface area contributed by atoms with Gasteiger partial charge in [-0.2, -0.15) is 0 Å². The molecule has 1 saturated heterocycles. The number of hydrogen-bond donors (Lipinski definition) is 1. The van der Waals surface area contributed by atoms with Gasteiger partial charge >= 0.3 is 0 Å². The SMILES string of the molecule is O=C(Nc1ccc(F)cc1)C(Cc1ccccc1)N1C(=O)C2C3CCC(C3)C2C1=O. The number of benzene rings is 2. The molecule has 0 aromatic heterocycles. The fraction of sp³-hybridized carbons (Fsp3) is 0.375. The molecule has 154 valence electrons. The number of anilines is 1. The van der Waals surface area contributed by atoms with Gasteiger partial charge in [-0.05, 0) is 60.9 Å². The third-order valence-corrected chi connectivity index (χ3v) is 6.96. The highest BCUT2D eigenvalue weighted by Crippen LogP contribution is 2.56. The summed E-state index contributed by atoms with van der Waals surface area (Å²) in [6.07, 6.45) is 3.18. The average molecular weight is 406 g/mol. The summed E-state index contributed by atoms with van der Waals surface area (Å²) in [6.45, 7) is 0. The zero-order valence-corrected chi connectivity index (χ0v) is 16.5. The summed E-state index contributed by atoms with van der Waals surface area (Å²) in [4.78, 5) is 41.0. The number of nitrogens with one attached hydrogen (secondary N) is 1. The molecule has 5 atom stereocenters. The number of rotatable bonds is 5. The molecule has 6 heteroatoms. The van der Waals surface area contributed by atoms with E-state index in [1.165, 1.54) is 29.2 Å². The van der Waals surface area contributed by atoms with Gasteiger partial charge in [0.2, 0.25) is 17.7 Å². The molecule has 0 spiro atoms. The Bertz CT molecular complexity index is 963. The van der Waals surface area contributed by atoms with Gasteiger partial charge in [0.1, 0.15) is 11.9 Å². The topological polar surface area (TPSA) is 66.5 Å². The Morgan fingerprint density at radius 1 is 0.967 bits per heavy atom. The zero-order chi connectivity index (χ0) is 20.8. The molecule has 2 saturated carbocycles. The highest BCUT2D eigenvalue weighted by Gasteiger charge is 2.62. The van der Waals surface area contributed by atoms with Crippen LogP contribution in [0.1, 0.15) is 24.8 Å². The van der Waals surface area contributed by atoms with Crippen molar-refractivity contribution in [3.63, 3.8) is 0 Å². The molecule has 3 amide bonds. The summed E-state index contributed by atoms with van der Waals surface area (Å²) in [5, 5.41) is 2.76. The Balaban J connectivity index is 1.45. The molecule has 0 radical (unpaired) electrons. The molecule has 1 aliphatic heterocycles. The molecule has 2 bridgehead atoms. The first-order valence-corrected chi connectivity index (χ1v) is 10.5. The normalized spacial score (nSPS) is 28.0. The van der Waals surface area contributed by atoms with E-state index in [0.29, 0.717) is 5.69 Å². The number of likely N-dealkylation sites (tertiary alicyclic amines) is 1. The van der Waals surface area contributed by atoms with Crippen molar-refractivity contribution in [1.82, 2.24) is 4.90 Å². The molecule has 30 heavy (non-hydrogen) atoms. The van der Waals surface area contributed by atoms with Gasteiger partial charge in [-0.1, -0.05) is 30.3 Å². The maximum absolute atomic E-state index is 13.3. The molecule has 1 heterocycles. The van der Waals surface area contributed by atoms with E-state index in [0.717, 1.165) is 24.8 Å². The lowest BCUT2D eigenvalue weighted by Crippen LogP contribution is -2.49. The fourth-order valence-corrected chi connectivity index (χ4v) is 5.64. The summed E-state index contributed by atoms with van der Waals surface area (Å²) < 4.78 is 13.2. The number of carbonyl (C=O) groups is 3. The van der Waals surface area contributed by atoms with Crippen LogP contribution < -0.4 is 5.32 Å². The number of nitrogens with zero attached hydrogens (tertiary/aromatic N) is 1. The van der Waals surface area contributed by atoms with Gasteiger partial charge < -0.3 is 5.32 Å². The zero-order valence-electron chi connectivity index (χ0n) is 16.5. The summed E-state index contributed by atoms with van der Waals surface area (Å²) in [5.74, 6) is -1.25. The highest BCUT2D eigenvalue weighted by molar-refractivity contribution is 6.10. The van der Waals surface area contributed by atoms with Crippen LogP contribution in [-0.4, -0.2) is 28.7 Å². The second kappa shape index (κ2) is 7.35. The van der Waals surface area contributed by atoms with Crippen LogP contribution in [0.4, 0.5) is 10.1 Å². The van der Waals surface area contributed by atoms with Gasteiger partial charge in [-0.3, -0.25) is 19.3 Å². The van der Waals surface area contributed by atoms with E-state index in [2.05, 4.69) is 5.32 Å². The quantitative estimate of drug-likeness (QED) is 0.774. The van der Waals surface area contributed by atoms with Crippen LogP contribution in [0.3, 0.4) is 0 Å². The summed E-state index contributed by atoms with van der Waals surface area (Å²) in [5.41, 5.74) is 1.30. The van der Waals surface area contributed by atoms with Crippen LogP contribution in [0.5, 0.6) is 0 Å². The van der Waals surface area contributed by atoms with Crippen LogP contribution in [0.2, 0.25) is 0 Å². The van der Waals surface area contributed by atoms with Crippen molar-refractivity contribution in [2.45, 2.75) is 31.7 Å². The van der Waals surface area contributed by atoms with Crippen molar-refractivity contribution in [3.8, 4) is 0 Å². The smallest absolute Gasteiger partial charge is 0.248 e. The van der Waals surface area contributed by atoms with E-state index in [-0.39, 0.29) is 41.9 Å². The monoisotopic (exact) mass is 406 g/mol. The predicted molar refractivity (Wildman–Crippen MR) is 109 cm³/mol. The first-order chi connectivity index (χ1) is 14.5. The van der Waals surface area contributed by atoms with E-state index in [4.69, 9.17) is 0 Å². The van der Waals surface area contributed by atoms with Crippen LogP contribution in [-0.2, 0) is 20.8 Å². The van der Waals surface area contributed by atoms with Crippen molar-refractivity contribution >= 4 is 23.4 Å². The molecule has 5 unspecified atom stereocenters. The number of halogens is 1. The van der Waals surface area contributed by atoms with E-state index in [1.807, 2.05) is 30.3 Å². The second-order valence-corrected chi connectivity index (χ2v) is 8.63. The van der Waals surface area contributed by atoms with Crippen molar-refractivity contribution < 1.29 is 18.8 Å². The molecule has 5 rings (SSSR count).